The number of rotatable bonds is 9. The largest absolute Gasteiger partial charge is 0.379 e. The van der Waals surface area contributed by atoms with Gasteiger partial charge in [-0.3, -0.25) is 14.9 Å². The van der Waals surface area contributed by atoms with Crippen molar-refractivity contribution in [3.63, 3.8) is 0 Å². The maximum absolute atomic E-state index is 13.1. The van der Waals surface area contributed by atoms with Crippen LogP contribution in [0.5, 0.6) is 0 Å². The molecule has 8 nitrogen and oxygen atoms in total. The maximum atomic E-state index is 13.1. The van der Waals surface area contributed by atoms with Gasteiger partial charge in [-0.2, -0.15) is 10.5 Å². The zero-order chi connectivity index (χ0) is 26.4. The zero-order valence-corrected chi connectivity index (χ0v) is 21.0. The maximum Gasteiger partial charge on any atom is 0.293 e. The topological polar surface area (TPSA) is 118 Å². The molecule has 3 aromatic carbocycles. The van der Waals surface area contributed by atoms with Crippen molar-refractivity contribution >= 4 is 43.2 Å². The summed E-state index contributed by atoms with van der Waals surface area (Å²) in [4.78, 5) is 23.1. The molecule has 1 atom stereocenters. The van der Waals surface area contributed by atoms with E-state index < -0.39 is 31.4 Å². The van der Waals surface area contributed by atoms with Gasteiger partial charge in [0.1, 0.15) is 11.5 Å². The number of nitrogens with one attached hydrogen (secondary N) is 2. The number of nitrogens with zero attached hydrogens (tertiary/aromatic N) is 1. The van der Waals surface area contributed by atoms with Crippen LogP contribution in [0.4, 0.5) is 15.8 Å². The highest BCUT2D eigenvalue weighted by atomic mass is 32.2. The number of hydrogen-bond donors (Lipinski definition) is 2. The first-order chi connectivity index (χ1) is 17.7. The number of nitro groups is 1. The highest BCUT2D eigenvalue weighted by molar-refractivity contribution is 8.17. The molecule has 0 aliphatic carbocycles. The van der Waals surface area contributed by atoms with Gasteiger partial charge in [-0.25, -0.2) is 17.5 Å². The Morgan fingerprint density at radius 2 is 1.62 bits per heavy atom. The van der Waals surface area contributed by atoms with Gasteiger partial charge in [0.05, 0.1) is 9.82 Å². The first-order valence-electron chi connectivity index (χ1n) is 11.1. The van der Waals surface area contributed by atoms with E-state index >= 15 is 0 Å². The third-order valence-corrected chi connectivity index (χ3v) is 8.43. The molecule has 0 saturated heterocycles. The van der Waals surface area contributed by atoms with Crippen LogP contribution in [0.3, 0.4) is 0 Å². The minimum atomic E-state index is -4.38. The molecule has 1 unspecified atom stereocenters. The third-order valence-electron chi connectivity index (χ3n) is 5.41. The molecule has 4 rings (SSSR count). The summed E-state index contributed by atoms with van der Waals surface area (Å²) in [6.45, 7) is 0.454. The number of carbonyl (C=O) groups is 1. The van der Waals surface area contributed by atoms with E-state index in [0.29, 0.717) is 12.1 Å². The first kappa shape index (κ1) is 26.0. The van der Waals surface area contributed by atoms with Crippen LogP contribution in [0.15, 0.2) is 95.3 Å². The lowest BCUT2D eigenvalue weighted by Crippen LogP contribution is -2.30. The number of anilines is 1. The standard InChI is InChI=1S/C26H22FN3O5S2/c27-22-10-8-20(9-11-22)19-4-6-21(7-5-19)26(31)29-37(34,35)23-12-13-24(25(18-23)30(32)33)28-14-17-36-15-2-1-3-16-36/h1-13,15-16,18,28H,14,17H2,(H,29,31). The highest BCUT2D eigenvalue weighted by Crippen LogP contribution is 2.28. The van der Waals surface area contributed by atoms with Crippen LogP contribution in [-0.4, -0.2) is 36.9 Å². The van der Waals surface area contributed by atoms with Gasteiger partial charge in [0.25, 0.3) is 21.6 Å². The first-order valence-corrected chi connectivity index (χ1v) is 14.1. The second-order valence-corrected chi connectivity index (χ2v) is 11.5. The lowest BCUT2D eigenvalue weighted by molar-refractivity contribution is -0.384. The monoisotopic (exact) mass is 539 g/mol. The third kappa shape index (κ3) is 6.57. The summed E-state index contributed by atoms with van der Waals surface area (Å²) in [6, 6.07) is 15.3. The van der Waals surface area contributed by atoms with E-state index in [1.807, 2.05) is 33.7 Å². The van der Waals surface area contributed by atoms with Gasteiger partial charge in [0, 0.05) is 23.9 Å². The Bertz CT molecular complexity index is 1530. The molecule has 0 bridgehead atoms. The van der Waals surface area contributed by atoms with Gasteiger partial charge in [0.2, 0.25) is 0 Å². The van der Waals surface area contributed by atoms with E-state index in [0.717, 1.165) is 17.4 Å². The molecule has 190 valence electrons. The highest BCUT2D eigenvalue weighted by Gasteiger charge is 2.24. The lowest BCUT2D eigenvalue weighted by atomic mass is 10.0. The van der Waals surface area contributed by atoms with Crippen LogP contribution >= 0.6 is 10.5 Å². The van der Waals surface area contributed by atoms with Crippen LogP contribution in [0, 0.1) is 15.9 Å². The average Bonchev–Trinajstić information content (AvgIpc) is 2.89. The quantitative estimate of drug-likeness (QED) is 0.222. The minimum absolute atomic E-state index is 0.0754. The molecule has 11 heteroatoms. The molecular formula is C26H22FN3O5S2. The molecule has 0 radical (unpaired) electrons. The van der Waals surface area contributed by atoms with Gasteiger partial charge in [-0.05, 0) is 58.3 Å². The van der Waals surface area contributed by atoms with Gasteiger partial charge in [-0.15, -0.1) is 0 Å². The average molecular weight is 540 g/mol. The number of nitro benzene ring substituents is 1. The fourth-order valence-corrected chi connectivity index (χ4v) is 5.80. The van der Waals surface area contributed by atoms with E-state index in [4.69, 9.17) is 0 Å². The van der Waals surface area contributed by atoms with Crippen molar-refractivity contribution < 1.29 is 22.5 Å². The van der Waals surface area contributed by atoms with Crippen molar-refractivity contribution in [3.05, 3.63) is 112 Å². The van der Waals surface area contributed by atoms with E-state index in [1.54, 1.807) is 24.3 Å². The molecular weight excluding hydrogens is 517 g/mol. The van der Waals surface area contributed by atoms with E-state index in [9.17, 15) is 27.7 Å². The van der Waals surface area contributed by atoms with Crippen molar-refractivity contribution in [2.75, 3.05) is 17.6 Å². The van der Waals surface area contributed by atoms with Gasteiger partial charge in [-0.1, -0.05) is 42.5 Å². The summed E-state index contributed by atoms with van der Waals surface area (Å²) in [6.07, 6.45) is 5.81. The van der Waals surface area contributed by atoms with E-state index in [2.05, 4.69) is 5.32 Å². The minimum Gasteiger partial charge on any atom is -0.379 e. The normalized spacial score (nSPS) is 14.6. The predicted molar refractivity (Wildman–Crippen MR) is 145 cm³/mol. The lowest BCUT2D eigenvalue weighted by Gasteiger charge is -2.11. The number of hydrogen-bond acceptors (Lipinski definition) is 6. The zero-order valence-electron chi connectivity index (χ0n) is 19.3. The SMILES string of the molecule is O=C(NS(=O)(=O)c1ccc(NCCS2=CC=CC=C2)c([N+](=O)[O-])c1)c1ccc(-c2ccc(F)cc2)cc1. The Balaban J connectivity index is 1.46. The summed E-state index contributed by atoms with van der Waals surface area (Å²) in [7, 11) is -4.45. The second kappa shape index (κ2) is 11.3. The fourth-order valence-electron chi connectivity index (χ4n) is 3.52. The van der Waals surface area contributed by atoms with Crippen LogP contribution in [0.2, 0.25) is 0 Å². The number of amides is 1. The molecule has 1 aliphatic heterocycles. The Kier molecular flexibility index (Phi) is 7.95. The molecule has 0 fully saturated rings. The second-order valence-electron chi connectivity index (χ2n) is 7.90. The predicted octanol–water partition coefficient (Wildman–Crippen LogP) is 5.09. The summed E-state index contributed by atoms with van der Waals surface area (Å²) in [5, 5.41) is 18.7. The molecule has 1 amide bonds. The van der Waals surface area contributed by atoms with Crippen molar-refractivity contribution in [1.29, 1.82) is 0 Å². The molecule has 2 N–H and O–H groups in total. The van der Waals surface area contributed by atoms with Crippen molar-refractivity contribution in [3.8, 4) is 11.1 Å². The number of allylic oxidation sites excluding steroid dienone is 3. The van der Waals surface area contributed by atoms with Gasteiger partial charge in [0.15, 0.2) is 0 Å². The number of sulfonamides is 1. The Morgan fingerprint density at radius 1 is 0.946 bits per heavy atom. The van der Waals surface area contributed by atoms with Crippen molar-refractivity contribution in [2.45, 2.75) is 4.90 Å². The molecule has 0 aromatic heterocycles. The fraction of sp³-hybridized carbons (Fsp3) is 0.0769. The van der Waals surface area contributed by atoms with Crippen LogP contribution in [0.1, 0.15) is 10.4 Å². The summed E-state index contributed by atoms with van der Waals surface area (Å²) in [5.74, 6) is -0.529. The molecule has 0 saturated carbocycles. The van der Waals surface area contributed by atoms with Crippen LogP contribution < -0.4 is 10.0 Å². The number of carbonyl (C=O) groups excluding carboxylic acids is 1. The van der Waals surface area contributed by atoms with E-state index in [1.165, 1.54) is 36.4 Å². The van der Waals surface area contributed by atoms with Crippen molar-refractivity contribution in [1.82, 2.24) is 4.72 Å². The molecule has 0 spiro atoms. The Morgan fingerprint density at radius 3 is 2.24 bits per heavy atom. The summed E-state index contributed by atoms with van der Waals surface area (Å²) < 4.78 is 40.7. The molecule has 3 aromatic rings. The summed E-state index contributed by atoms with van der Waals surface area (Å²) in [5.41, 5.74) is 1.30. The van der Waals surface area contributed by atoms with Gasteiger partial charge < -0.3 is 5.32 Å². The Labute approximate surface area is 215 Å². The number of halogens is 1. The smallest absolute Gasteiger partial charge is 0.293 e. The molecule has 37 heavy (non-hydrogen) atoms. The molecule has 1 heterocycles. The van der Waals surface area contributed by atoms with Crippen LogP contribution in [0.25, 0.3) is 11.1 Å². The summed E-state index contributed by atoms with van der Waals surface area (Å²) >= 11 is 0. The van der Waals surface area contributed by atoms with Crippen LogP contribution in [-0.2, 0) is 10.0 Å². The molecule has 1 aliphatic rings. The van der Waals surface area contributed by atoms with Crippen molar-refractivity contribution in [2.24, 2.45) is 0 Å². The van der Waals surface area contributed by atoms with E-state index in [-0.39, 0.29) is 27.6 Å². The Hall–Kier alpha value is -4.09. The number of benzene rings is 3. The van der Waals surface area contributed by atoms with Gasteiger partial charge >= 0.3 is 0 Å².